The maximum Gasteiger partial charge on any atom is 0.371 e. The molecule has 1 aromatic heterocycles. The van der Waals surface area contributed by atoms with Crippen molar-refractivity contribution in [3.05, 3.63) is 17.9 Å². The van der Waals surface area contributed by atoms with Crippen LogP contribution in [0.15, 0.2) is 21.6 Å². The number of carboxylic acids is 1. The lowest BCUT2D eigenvalue weighted by Crippen LogP contribution is -2.46. The molecule has 0 spiro atoms. The van der Waals surface area contributed by atoms with Crippen LogP contribution in [0.2, 0.25) is 0 Å². The third-order valence-corrected chi connectivity index (χ3v) is 5.50. The maximum atomic E-state index is 12.6. The Labute approximate surface area is 146 Å². The summed E-state index contributed by atoms with van der Waals surface area (Å²) in [5, 5.41) is 11.0. The van der Waals surface area contributed by atoms with E-state index in [-0.39, 0.29) is 19.2 Å². The van der Waals surface area contributed by atoms with Gasteiger partial charge in [0.15, 0.2) is 0 Å². The van der Waals surface area contributed by atoms with Gasteiger partial charge in [-0.1, -0.05) is 0 Å². The molecule has 1 aromatic rings. The van der Waals surface area contributed by atoms with E-state index in [4.69, 9.17) is 14.3 Å². The highest BCUT2D eigenvalue weighted by Gasteiger charge is 2.41. The van der Waals surface area contributed by atoms with Crippen molar-refractivity contribution in [2.24, 2.45) is 0 Å². The minimum atomic E-state index is -4.08. The fourth-order valence-corrected chi connectivity index (χ4v) is 4.14. The van der Waals surface area contributed by atoms with Crippen LogP contribution in [0.3, 0.4) is 0 Å². The molecule has 0 aromatic carbocycles. The summed E-state index contributed by atoms with van der Waals surface area (Å²) in [6, 6.07) is 1.31. The summed E-state index contributed by atoms with van der Waals surface area (Å²) in [4.78, 5) is 23.1. The minimum absolute atomic E-state index is 0.0441. The Kier molecular flexibility index (Phi) is 6.20. The predicted molar refractivity (Wildman–Crippen MR) is 86.7 cm³/mol. The number of carboxylic acid groups (broad SMARTS) is 1. The summed E-state index contributed by atoms with van der Waals surface area (Å²) in [7, 11) is -4.08. The van der Waals surface area contributed by atoms with Gasteiger partial charge in [-0.15, -0.1) is 0 Å². The number of nitrogens with zero attached hydrogens (tertiary/aromatic N) is 1. The van der Waals surface area contributed by atoms with E-state index in [1.54, 1.807) is 0 Å². The average molecular weight is 374 g/mol. The van der Waals surface area contributed by atoms with E-state index in [1.165, 1.54) is 0 Å². The van der Waals surface area contributed by atoms with Crippen molar-refractivity contribution in [2.45, 2.75) is 43.9 Å². The van der Waals surface area contributed by atoms with Gasteiger partial charge < -0.3 is 19.6 Å². The number of furan rings is 1. The number of carbonyl (C=O) groups is 2. The van der Waals surface area contributed by atoms with Gasteiger partial charge in [-0.25, -0.2) is 13.2 Å². The summed E-state index contributed by atoms with van der Waals surface area (Å²) >= 11 is 0. The Balaban J connectivity index is 2.06. The van der Waals surface area contributed by atoms with Gasteiger partial charge in [0.1, 0.15) is 6.04 Å². The van der Waals surface area contributed by atoms with Gasteiger partial charge in [-0.05, 0) is 38.8 Å². The molecule has 2 rings (SSSR count). The summed E-state index contributed by atoms with van der Waals surface area (Å²) in [6.07, 6.45) is 0.970. The third-order valence-electron chi connectivity index (χ3n) is 3.71. The van der Waals surface area contributed by atoms with Crippen molar-refractivity contribution in [1.82, 2.24) is 9.62 Å². The number of carbonyl (C=O) groups excluding carboxylic acids is 1. The van der Waals surface area contributed by atoms with Crippen LogP contribution in [-0.2, 0) is 19.6 Å². The van der Waals surface area contributed by atoms with Crippen LogP contribution in [0.1, 0.15) is 37.2 Å². The van der Waals surface area contributed by atoms with Crippen molar-refractivity contribution in [2.75, 3.05) is 19.7 Å². The van der Waals surface area contributed by atoms with E-state index in [0.717, 1.165) is 16.4 Å². The third kappa shape index (κ3) is 4.59. The number of sulfonamides is 1. The molecule has 1 saturated heterocycles. The second-order valence-corrected chi connectivity index (χ2v) is 7.73. The van der Waals surface area contributed by atoms with Crippen molar-refractivity contribution in [3.8, 4) is 0 Å². The Hall–Kier alpha value is -1.91. The van der Waals surface area contributed by atoms with Crippen LogP contribution in [0.25, 0.3) is 0 Å². The summed E-state index contributed by atoms with van der Waals surface area (Å²) in [5.74, 6) is -2.23. The Morgan fingerprint density at radius 3 is 2.76 bits per heavy atom. The zero-order valence-corrected chi connectivity index (χ0v) is 14.9. The molecular formula is C15H22N2O7S. The quantitative estimate of drug-likeness (QED) is 0.641. The van der Waals surface area contributed by atoms with Gasteiger partial charge in [0, 0.05) is 13.1 Å². The molecule has 1 atom stereocenters. The van der Waals surface area contributed by atoms with Crippen molar-refractivity contribution >= 4 is 21.9 Å². The monoisotopic (exact) mass is 374 g/mol. The molecule has 0 saturated carbocycles. The molecule has 2 heterocycles. The first-order chi connectivity index (χ1) is 11.7. The summed E-state index contributed by atoms with van der Waals surface area (Å²) < 4.78 is 36.6. The highest BCUT2D eigenvalue weighted by Crippen LogP contribution is 2.27. The molecule has 1 aliphatic rings. The van der Waals surface area contributed by atoms with Crippen LogP contribution >= 0.6 is 0 Å². The van der Waals surface area contributed by atoms with Crippen molar-refractivity contribution in [3.63, 3.8) is 0 Å². The molecule has 0 bridgehead atoms. The molecule has 9 nitrogen and oxygen atoms in total. The molecule has 1 amide bonds. The molecule has 10 heteroatoms. The van der Waals surface area contributed by atoms with Gasteiger partial charge in [-0.2, -0.15) is 4.31 Å². The second kappa shape index (κ2) is 7.98. The van der Waals surface area contributed by atoms with Gasteiger partial charge in [0.05, 0.1) is 12.7 Å². The SMILES string of the molecule is CC(C)OCCNC(=O)C1CCCN1S(=O)(=O)c1ccc(C(=O)O)o1. The molecule has 140 valence electrons. The van der Waals surface area contributed by atoms with Crippen LogP contribution in [0.5, 0.6) is 0 Å². The topological polar surface area (TPSA) is 126 Å². The van der Waals surface area contributed by atoms with E-state index in [9.17, 15) is 18.0 Å². The van der Waals surface area contributed by atoms with Crippen LogP contribution in [0.4, 0.5) is 0 Å². The molecule has 0 aliphatic carbocycles. The van der Waals surface area contributed by atoms with E-state index in [2.05, 4.69) is 5.32 Å². The first-order valence-corrected chi connectivity index (χ1v) is 9.41. The number of aromatic carboxylic acids is 1. The van der Waals surface area contributed by atoms with E-state index < -0.39 is 38.8 Å². The Morgan fingerprint density at radius 2 is 2.16 bits per heavy atom. The fraction of sp³-hybridized carbons (Fsp3) is 0.600. The average Bonchev–Trinajstić information content (AvgIpc) is 3.19. The summed E-state index contributed by atoms with van der Waals surface area (Å²) in [6.45, 7) is 4.55. The van der Waals surface area contributed by atoms with Crippen molar-refractivity contribution in [1.29, 1.82) is 0 Å². The molecule has 25 heavy (non-hydrogen) atoms. The number of hydrogen-bond acceptors (Lipinski definition) is 6. The van der Waals surface area contributed by atoms with E-state index in [0.29, 0.717) is 19.4 Å². The first-order valence-electron chi connectivity index (χ1n) is 7.97. The van der Waals surface area contributed by atoms with Gasteiger partial charge in [0.2, 0.25) is 16.8 Å². The fourth-order valence-electron chi connectivity index (χ4n) is 2.57. The minimum Gasteiger partial charge on any atom is -0.475 e. The smallest absolute Gasteiger partial charge is 0.371 e. The largest absolute Gasteiger partial charge is 0.475 e. The lowest BCUT2D eigenvalue weighted by Gasteiger charge is -2.22. The first kappa shape index (κ1) is 19.4. The highest BCUT2D eigenvalue weighted by atomic mass is 32.2. The zero-order chi connectivity index (χ0) is 18.6. The molecule has 0 radical (unpaired) electrons. The van der Waals surface area contributed by atoms with Gasteiger partial charge in [0.25, 0.3) is 10.0 Å². The van der Waals surface area contributed by atoms with Crippen LogP contribution in [-0.4, -0.2) is 61.5 Å². The Bertz CT molecular complexity index is 726. The van der Waals surface area contributed by atoms with E-state index in [1.807, 2.05) is 13.8 Å². The number of amides is 1. The zero-order valence-electron chi connectivity index (χ0n) is 14.1. The normalized spacial score (nSPS) is 18.6. The Morgan fingerprint density at radius 1 is 1.44 bits per heavy atom. The predicted octanol–water partition coefficient (Wildman–Crippen LogP) is 0.672. The lowest BCUT2D eigenvalue weighted by molar-refractivity contribution is -0.124. The highest BCUT2D eigenvalue weighted by molar-refractivity contribution is 7.89. The van der Waals surface area contributed by atoms with E-state index >= 15 is 0 Å². The van der Waals surface area contributed by atoms with Crippen LogP contribution < -0.4 is 5.32 Å². The molecule has 1 aliphatic heterocycles. The maximum absolute atomic E-state index is 12.6. The molecular weight excluding hydrogens is 352 g/mol. The number of rotatable bonds is 8. The summed E-state index contributed by atoms with van der Waals surface area (Å²) in [5.41, 5.74) is 0. The van der Waals surface area contributed by atoms with Crippen molar-refractivity contribution < 1.29 is 32.3 Å². The van der Waals surface area contributed by atoms with Gasteiger partial charge in [-0.3, -0.25) is 4.79 Å². The molecule has 1 unspecified atom stereocenters. The lowest BCUT2D eigenvalue weighted by atomic mass is 10.2. The van der Waals surface area contributed by atoms with Gasteiger partial charge >= 0.3 is 5.97 Å². The standard InChI is InChI=1S/C15H22N2O7S/c1-10(2)23-9-7-16-14(18)11-4-3-8-17(11)25(21,22)13-6-5-12(24-13)15(19)20/h5-6,10-11H,3-4,7-9H2,1-2H3,(H,16,18)(H,19,20). The number of nitrogens with one attached hydrogen (secondary N) is 1. The number of ether oxygens (including phenoxy) is 1. The molecule has 1 fully saturated rings. The van der Waals surface area contributed by atoms with Crippen LogP contribution in [0, 0.1) is 0 Å². The molecule has 2 N–H and O–H groups in total. The number of hydrogen-bond donors (Lipinski definition) is 2. The second-order valence-electron chi connectivity index (χ2n) is 5.91.